The molecule has 2 rings (SSSR count). The van der Waals surface area contributed by atoms with Crippen LogP contribution in [0, 0.1) is 0 Å². The van der Waals surface area contributed by atoms with Crippen LogP contribution < -0.4 is 5.32 Å². The first-order valence-electron chi connectivity index (χ1n) is 6.87. The lowest BCUT2D eigenvalue weighted by Crippen LogP contribution is -2.41. The van der Waals surface area contributed by atoms with Gasteiger partial charge in [-0.1, -0.05) is 28.1 Å². The zero-order chi connectivity index (χ0) is 13.7. The molecule has 1 N–H and O–H groups in total. The molecule has 19 heavy (non-hydrogen) atoms. The SMILES string of the molecule is CC(CN1CCCC1)NC(=O)c1ccc(CBr)cc1. The topological polar surface area (TPSA) is 32.3 Å². The summed E-state index contributed by atoms with van der Waals surface area (Å²) < 4.78 is 0. The molecular formula is C15H21BrN2O. The summed E-state index contributed by atoms with van der Waals surface area (Å²) in [6.07, 6.45) is 2.57. The monoisotopic (exact) mass is 324 g/mol. The minimum Gasteiger partial charge on any atom is -0.348 e. The van der Waals surface area contributed by atoms with Crippen molar-refractivity contribution in [2.24, 2.45) is 0 Å². The zero-order valence-electron chi connectivity index (χ0n) is 11.4. The van der Waals surface area contributed by atoms with Crippen molar-refractivity contribution in [3.63, 3.8) is 0 Å². The van der Waals surface area contributed by atoms with E-state index in [0.717, 1.165) is 17.4 Å². The van der Waals surface area contributed by atoms with Gasteiger partial charge in [-0.15, -0.1) is 0 Å². The normalized spacial score (nSPS) is 17.4. The van der Waals surface area contributed by atoms with E-state index in [1.807, 2.05) is 24.3 Å². The maximum absolute atomic E-state index is 12.1. The van der Waals surface area contributed by atoms with Crippen molar-refractivity contribution >= 4 is 21.8 Å². The Labute approximate surface area is 123 Å². The number of alkyl halides is 1. The van der Waals surface area contributed by atoms with Gasteiger partial charge in [0.1, 0.15) is 0 Å². The zero-order valence-corrected chi connectivity index (χ0v) is 12.9. The van der Waals surface area contributed by atoms with Crippen LogP contribution in [0.5, 0.6) is 0 Å². The molecule has 0 bridgehead atoms. The van der Waals surface area contributed by atoms with Crippen LogP contribution in [0.3, 0.4) is 0 Å². The second-order valence-electron chi connectivity index (χ2n) is 5.21. The van der Waals surface area contributed by atoms with Crippen LogP contribution >= 0.6 is 15.9 Å². The molecule has 104 valence electrons. The number of likely N-dealkylation sites (tertiary alicyclic amines) is 1. The molecule has 1 amide bonds. The smallest absolute Gasteiger partial charge is 0.251 e. The summed E-state index contributed by atoms with van der Waals surface area (Å²) in [6.45, 7) is 5.36. The van der Waals surface area contributed by atoms with Crippen molar-refractivity contribution in [3.05, 3.63) is 35.4 Å². The summed E-state index contributed by atoms with van der Waals surface area (Å²) in [6, 6.07) is 7.92. The number of halogens is 1. The number of rotatable bonds is 5. The third-order valence-corrected chi connectivity index (χ3v) is 4.13. The van der Waals surface area contributed by atoms with Gasteiger partial charge in [-0.05, 0) is 50.6 Å². The van der Waals surface area contributed by atoms with Crippen LogP contribution in [-0.4, -0.2) is 36.5 Å². The summed E-state index contributed by atoms with van der Waals surface area (Å²) in [5, 5.41) is 3.89. The maximum Gasteiger partial charge on any atom is 0.251 e. The molecule has 1 aromatic carbocycles. The van der Waals surface area contributed by atoms with E-state index in [0.29, 0.717) is 0 Å². The van der Waals surface area contributed by atoms with E-state index in [-0.39, 0.29) is 11.9 Å². The Morgan fingerprint density at radius 1 is 1.32 bits per heavy atom. The van der Waals surface area contributed by atoms with E-state index < -0.39 is 0 Å². The number of hydrogen-bond acceptors (Lipinski definition) is 2. The molecule has 1 saturated heterocycles. The predicted molar refractivity (Wildman–Crippen MR) is 81.7 cm³/mol. The molecule has 4 heteroatoms. The summed E-state index contributed by atoms with van der Waals surface area (Å²) >= 11 is 3.40. The Morgan fingerprint density at radius 3 is 2.53 bits per heavy atom. The maximum atomic E-state index is 12.1. The molecule has 1 fully saturated rings. The average Bonchev–Trinajstić information content (AvgIpc) is 2.91. The molecule has 0 spiro atoms. The van der Waals surface area contributed by atoms with Gasteiger partial charge in [0.05, 0.1) is 0 Å². The number of nitrogens with one attached hydrogen (secondary N) is 1. The van der Waals surface area contributed by atoms with E-state index in [1.165, 1.54) is 31.5 Å². The molecule has 0 saturated carbocycles. The highest BCUT2D eigenvalue weighted by Gasteiger charge is 2.16. The van der Waals surface area contributed by atoms with Gasteiger partial charge >= 0.3 is 0 Å². The highest BCUT2D eigenvalue weighted by Crippen LogP contribution is 2.09. The first kappa shape index (κ1) is 14.5. The van der Waals surface area contributed by atoms with E-state index in [2.05, 4.69) is 33.1 Å². The number of carbonyl (C=O) groups excluding carboxylic acids is 1. The first-order valence-corrected chi connectivity index (χ1v) is 7.99. The van der Waals surface area contributed by atoms with Crippen molar-refractivity contribution in [3.8, 4) is 0 Å². The van der Waals surface area contributed by atoms with E-state index in [4.69, 9.17) is 0 Å². The Bertz CT molecular complexity index is 413. The van der Waals surface area contributed by atoms with Gasteiger partial charge in [0, 0.05) is 23.5 Å². The molecule has 0 aromatic heterocycles. The Balaban J connectivity index is 1.84. The molecule has 3 nitrogen and oxygen atoms in total. The van der Waals surface area contributed by atoms with E-state index in [1.54, 1.807) is 0 Å². The van der Waals surface area contributed by atoms with Gasteiger partial charge in [-0.25, -0.2) is 0 Å². The van der Waals surface area contributed by atoms with Gasteiger partial charge in [-0.2, -0.15) is 0 Å². The van der Waals surface area contributed by atoms with Gasteiger partial charge in [0.2, 0.25) is 0 Å². The number of benzene rings is 1. The van der Waals surface area contributed by atoms with Gasteiger partial charge in [0.15, 0.2) is 0 Å². The quantitative estimate of drug-likeness (QED) is 0.845. The van der Waals surface area contributed by atoms with Crippen LogP contribution in [0.1, 0.15) is 35.7 Å². The predicted octanol–water partition coefficient (Wildman–Crippen LogP) is 2.80. The van der Waals surface area contributed by atoms with Crippen LogP contribution in [-0.2, 0) is 5.33 Å². The minimum absolute atomic E-state index is 0.0211. The summed E-state index contributed by atoms with van der Waals surface area (Å²) in [5.74, 6) is 0.0211. The molecule has 0 aliphatic carbocycles. The molecule has 1 aromatic rings. The molecule has 1 heterocycles. The lowest BCUT2D eigenvalue weighted by molar-refractivity contribution is 0.0932. The second-order valence-corrected chi connectivity index (χ2v) is 5.77. The fourth-order valence-corrected chi connectivity index (χ4v) is 2.82. The fourth-order valence-electron chi connectivity index (χ4n) is 2.45. The number of hydrogen-bond donors (Lipinski definition) is 1. The Hall–Kier alpha value is -0.870. The van der Waals surface area contributed by atoms with Gasteiger partial charge in [0.25, 0.3) is 5.91 Å². The van der Waals surface area contributed by atoms with Crippen LogP contribution in [0.4, 0.5) is 0 Å². The summed E-state index contributed by atoms with van der Waals surface area (Å²) in [5.41, 5.74) is 1.92. The number of amides is 1. The fraction of sp³-hybridized carbons (Fsp3) is 0.533. The van der Waals surface area contributed by atoms with Crippen LogP contribution in [0.15, 0.2) is 24.3 Å². The Morgan fingerprint density at radius 2 is 1.95 bits per heavy atom. The third-order valence-electron chi connectivity index (χ3n) is 3.48. The highest BCUT2D eigenvalue weighted by molar-refractivity contribution is 9.08. The summed E-state index contributed by atoms with van der Waals surface area (Å²) in [7, 11) is 0. The lowest BCUT2D eigenvalue weighted by Gasteiger charge is -2.21. The Kier molecular flexibility index (Phi) is 5.40. The molecule has 1 atom stereocenters. The average molecular weight is 325 g/mol. The van der Waals surface area contributed by atoms with Crippen LogP contribution in [0.2, 0.25) is 0 Å². The largest absolute Gasteiger partial charge is 0.348 e. The number of nitrogens with zero attached hydrogens (tertiary/aromatic N) is 1. The highest BCUT2D eigenvalue weighted by atomic mass is 79.9. The second kappa shape index (κ2) is 7.06. The molecule has 1 aliphatic rings. The molecule has 0 radical (unpaired) electrons. The molecular weight excluding hydrogens is 304 g/mol. The standard InChI is InChI=1S/C15H21BrN2O/c1-12(11-18-8-2-3-9-18)17-15(19)14-6-4-13(10-16)5-7-14/h4-7,12H,2-3,8-11H2,1H3,(H,17,19). The number of carbonyl (C=O) groups is 1. The lowest BCUT2D eigenvalue weighted by atomic mass is 10.1. The third kappa shape index (κ3) is 4.32. The first-order chi connectivity index (χ1) is 9.19. The molecule has 1 unspecified atom stereocenters. The van der Waals surface area contributed by atoms with Gasteiger partial charge < -0.3 is 10.2 Å². The summed E-state index contributed by atoms with van der Waals surface area (Å²) in [4.78, 5) is 14.5. The van der Waals surface area contributed by atoms with Crippen molar-refractivity contribution in [1.82, 2.24) is 10.2 Å². The minimum atomic E-state index is 0.0211. The van der Waals surface area contributed by atoms with Gasteiger partial charge in [-0.3, -0.25) is 4.79 Å². The van der Waals surface area contributed by atoms with Crippen LogP contribution in [0.25, 0.3) is 0 Å². The van der Waals surface area contributed by atoms with E-state index in [9.17, 15) is 4.79 Å². The van der Waals surface area contributed by atoms with Crippen molar-refractivity contribution < 1.29 is 4.79 Å². The van der Waals surface area contributed by atoms with E-state index >= 15 is 0 Å². The molecule has 1 aliphatic heterocycles. The van der Waals surface area contributed by atoms with Crippen molar-refractivity contribution in [2.45, 2.75) is 31.1 Å². The van der Waals surface area contributed by atoms with Crippen molar-refractivity contribution in [2.75, 3.05) is 19.6 Å². The van der Waals surface area contributed by atoms with Crippen molar-refractivity contribution in [1.29, 1.82) is 0 Å².